The molecule has 3 aromatic rings. The Labute approximate surface area is 193 Å². The Bertz CT molecular complexity index is 1330. The molecule has 0 radical (unpaired) electrons. The summed E-state index contributed by atoms with van der Waals surface area (Å²) in [7, 11) is -0.652. The number of hydrogen-bond donors (Lipinski definition) is 2. The second-order valence-electron chi connectivity index (χ2n) is 7.41. The van der Waals surface area contributed by atoms with Gasteiger partial charge in [0.15, 0.2) is 0 Å². The lowest BCUT2D eigenvalue weighted by molar-refractivity contribution is -0.138. The first-order valence-corrected chi connectivity index (χ1v) is 11.7. The van der Waals surface area contributed by atoms with Crippen LogP contribution < -0.4 is 14.2 Å². The molecular weight excluding hydrogens is 444 g/mol. The second kappa shape index (κ2) is 9.98. The van der Waals surface area contributed by atoms with E-state index in [0.717, 1.165) is 22.2 Å². The van der Waals surface area contributed by atoms with Crippen LogP contribution in [-0.4, -0.2) is 43.8 Å². The molecule has 33 heavy (non-hydrogen) atoms. The van der Waals surface area contributed by atoms with Gasteiger partial charge in [-0.2, -0.15) is 4.72 Å². The molecule has 2 N–H and O–H groups in total. The number of benzene rings is 2. The summed E-state index contributed by atoms with van der Waals surface area (Å²) in [4.78, 5) is 11.9. The van der Waals surface area contributed by atoms with E-state index in [1.54, 1.807) is 14.0 Å². The number of rotatable bonds is 9. The molecule has 0 unspecified atom stereocenters. The van der Waals surface area contributed by atoms with Gasteiger partial charge in [0.05, 0.1) is 12.0 Å². The third-order valence-corrected chi connectivity index (χ3v) is 6.94. The van der Waals surface area contributed by atoms with Crippen molar-refractivity contribution in [2.75, 3.05) is 13.7 Å². The van der Waals surface area contributed by atoms with Crippen LogP contribution >= 0.6 is 0 Å². The zero-order valence-electron chi connectivity index (χ0n) is 18.9. The number of aryl methyl sites for hydroxylation is 1. The van der Waals surface area contributed by atoms with Crippen LogP contribution in [0.15, 0.2) is 47.4 Å². The lowest BCUT2D eigenvalue weighted by Crippen LogP contribution is -2.42. The van der Waals surface area contributed by atoms with Crippen molar-refractivity contribution in [3.63, 3.8) is 0 Å². The van der Waals surface area contributed by atoms with E-state index in [1.165, 1.54) is 24.3 Å². The van der Waals surface area contributed by atoms with E-state index < -0.39 is 22.0 Å². The normalized spacial score (nSPS) is 12.1. The topological polar surface area (TPSA) is 107 Å². The third-order valence-electron chi connectivity index (χ3n) is 5.46. The van der Waals surface area contributed by atoms with Crippen molar-refractivity contribution in [2.24, 2.45) is 7.05 Å². The number of carbonyl (C=O) groups is 1. The highest BCUT2D eigenvalue weighted by molar-refractivity contribution is 7.89. The minimum absolute atomic E-state index is 0.0260. The zero-order chi connectivity index (χ0) is 24.2. The summed E-state index contributed by atoms with van der Waals surface area (Å²) in [6, 6.07) is 9.92. The van der Waals surface area contributed by atoms with Gasteiger partial charge in [-0.05, 0) is 61.9 Å². The number of aliphatic carboxylic acids is 1. The first kappa shape index (κ1) is 24.2. The molecule has 0 saturated heterocycles. The number of fused-ring (bicyclic) bond motifs is 1. The molecule has 0 aliphatic heterocycles. The van der Waals surface area contributed by atoms with Crippen molar-refractivity contribution in [3.05, 3.63) is 53.7 Å². The van der Waals surface area contributed by atoms with Crippen molar-refractivity contribution >= 4 is 26.9 Å². The number of nitrogens with zero attached hydrogens (tertiary/aromatic N) is 1. The molecule has 0 saturated carbocycles. The van der Waals surface area contributed by atoms with Gasteiger partial charge in [-0.3, -0.25) is 4.79 Å². The second-order valence-corrected chi connectivity index (χ2v) is 9.12. The van der Waals surface area contributed by atoms with Crippen LogP contribution in [-0.2, 0) is 28.3 Å². The van der Waals surface area contributed by atoms with Gasteiger partial charge in [0.25, 0.3) is 0 Å². The Hall–Kier alpha value is -3.48. The van der Waals surface area contributed by atoms with Gasteiger partial charge < -0.3 is 19.1 Å². The molecule has 8 nitrogen and oxygen atoms in total. The number of carboxylic acids is 1. The largest absolute Gasteiger partial charge is 0.497 e. The summed E-state index contributed by atoms with van der Waals surface area (Å²) in [6.45, 7) is 3.76. The van der Waals surface area contributed by atoms with E-state index in [-0.39, 0.29) is 17.9 Å². The number of aromatic nitrogens is 1. The van der Waals surface area contributed by atoms with Gasteiger partial charge in [-0.25, -0.2) is 8.42 Å². The summed E-state index contributed by atoms with van der Waals surface area (Å²) in [6.07, 6.45) is -0.0260. The fraction of sp³-hybridized carbons (Fsp3) is 0.292. The molecule has 0 spiro atoms. The SMILES string of the molecule is CC#CCOc1ccc(S(=O)(=O)N[C@@H](Cc2c(C)n(C)c3ccc(OC)cc23)C(=O)O)cc1. The predicted octanol–water partition coefficient (Wildman–Crippen LogP) is 2.87. The molecule has 174 valence electrons. The lowest BCUT2D eigenvalue weighted by Gasteiger charge is -2.16. The standard InChI is InChI=1S/C24H26N2O6S/c1-5-6-13-32-17-7-10-19(11-8-17)33(29,30)25-22(24(27)28)15-20-16(2)26(3)23-12-9-18(31-4)14-21(20)23/h7-12,14,22,25H,13,15H2,1-4H3,(H,27,28)/t22-/m0/s1. The molecule has 3 rings (SSSR count). The van der Waals surface area contributed by atoms with Crippen LogP contribution in [0.5, 0.6) is 11.5 Å². The lowest BCUT2D eigenvalue weighted by atomic mass is 10.0. The number of hydrogen-bond acceptors (Lipinski definition) is 5. The van der Waals surface area contributed by atoms with Gasteiger partial charge in [0.1, 0.15) is 24.1 Å². The van der Waals surface area contributed by atoms with Gasteiger partial charge in [0.2, 0.25) is 10.0 Å². The highest BCUT2D eigenvalue weighted by Gasteiger charge is 2.28. The molecule has 1 heterocycles. The molecule has 0 aliphatic carbocycles. The minimum Gasteiger partial charge on any atom is -0.497 e. The van der Waals surface area contributed by atoms with Crippen molar-refractivity contribution in [2.45, 2.75) is 31.2 Å². The quantitative estimate of drug-likeness (QED) is 0.466. The van der Waals surface area contributed by atoms with Crippen molar-refractivity contribution in [3.8, 4) is 23.3 Å². The summed E-state index contributed by atoms with van der Waals surface area (Å²) < 4.78 is 40.8. The van der Waals surface area contributed by atoms with Crippen molar-refractivity contribution < 1.29 is 27.8 Å². The number of carboxylic acid groups (broad SMARTS) is 1. The Morgan fingerprint density at radius 3 is 2.45 bits per heavy atom. The highest BCUT2D eigenvalue weighted by atomic mass is 32.2. The summed E-state index contributed by atoms with van der Waals surface area (Å²) >= 11 is 0. The average molecular weight is 471 g/mol. The molecule has 0 amide bonds. The molecule has 1 atom stereocenters. The molecule has 1 aromatic heterocycles. The van der Waals surface area contributed by atoms with Crippen LogP contribution in [0.3, 0.4) is 0 Å². The Morgan fingerprint density at radius 2 is 1.85 bits per heavy atom. The van der Waals surface area contributed by atoms with Gasteiger partial charge >= 0.3 is 5.97 Å². The molecule has 0 bridgehead atoms. The monoisotopic (exact) mass is 470 g/mol. The number of ether oxygens (including phenoxy) is 2. The zero-order valence-corrected chi connectivity index (χ0v) is 19.7. The fourth-order valence-electron chi connectivity index (χ4n) is 3.56. The maximum Gasteiger partial charge on any atom is 0.322 e. The smallest absolute Gasteiger partial charge is 0.322 e. The third kappa shape index (κ3) is 5.30. The van der Waals surface area contributed by atoms with Crippen LogP contribution in [0.2, 0.25) is 0 Å². The van der Waals surface area contributed by atoms with Crippen LogP contribution in [0.25, 0.3) is 10.9 Å². The van der Waals surface area contributed by atoms with Gasteiger partial charge in [-0.1, -0.05) is 5.92 Å². The average Bonchev–Trinajstić information content (AvgIpc) is 3.03. The number of methoxy groups -OCH3 is 1. The molecular formula is C24H26N2O6S. The van der Waals surface area contributed by atoms with E-state index in [4.69, 9.17) is 9.47 Å². The Balaban J connectivity index is 1.87. The summed E-state index contributed by atoms with van der Waals surface area (Å²) in [5.41, 5.74) is 2.49. The van der Waals surface area contributed by atoms with Gasteiger partial charge in [0, 0.05) is 30.1 Å². The number of sulfonamides is 1. The van der Waals surface area contributed by atoms with E-state index in [2.05, 4.69) is 16.6 Å². The first-order chi connectivity index (χ1) is 15.7. The maximum absolute atomic E-state index is 12.9. The van der Waals surface area contributed by atoms with E-state index in [1.807, 2.05) is 36.7 Å². The minimum atomic E-state index is -4.08. The maximum atomic E-state index is 12.9. The van der Waals surface area contributed by atoms with E-state index in [0.29, 0.717) is 11.5 Å². The first-order valence-electron chi connectivity index (χ1n) is 10.2. The summed E-state index contributed by atoms with van der Waals surface area (Å²) in [5, 5.41) is 10.6. The molecule has 0 fully saturated rings. The Kier molecular flexibility index (Phi) is 7.31. The molecule has 2 aromatic carbocycles. The highest BCUT2D eigenvalue weighted by Crippen LogP contribution is 2.30. The fourth-order valence-corrected chi connectivity index (χ4v) is 4.75. The van der Waals surface area contributed by atoms with Crippen LogP contribution in [0, 0.1) is 18.8 Å². The van der Waals surface area contributed by atoms with Gasteiger partial charge in [-0.15, -0.1) is 5.92 Å². The van der Waals surface area contributed by atoms with Crippen molar-refractivity contribution in [1.82, 2.24) is 9.29 Å². The summed E-state index contributed by atoms with van der Waals surface area (Å²) in [5.74, 6) is 5.29. The predicted molar refractivity (Wildman–Crippen MR) is 125 cm³/mol. The van der Waals surface area contributed by atoms with Crippen LogP contribution in [0.1, 0.15) is 18.2 Å². The van der Waals surface area contributed by atoms with Crippen molar-refractivity contribution in [1.29, 1.82) is 0 Å². The van der Waals surface area contributed by atoms with Crippen LogP contribution in [0.4, 0.5) is 0 Å². The molecule has 9 heteroatoms. The van der Waals surface area contributed by atoms with E-state index in [9.17, 15) is 18.3 Å². The number of nitrogens with one attached hydrogen (secondary N) is 1. The van der Waals surface area contributed by atoms with E-state index >= 15 is 0 Å². The molecule has 0 aliphatic rings. The Morgan fingerprint density at radius 1 is 1.18 bits per heavy atom.